The average Bonchev–Trinajstić information content (AvgIpc) is 2.38. The van der Waals surface area contributed by atoms with Crippen LogP contribution < -0.4 is 5.73 Å². The zero-order chi connectivity index (χ0) is 7.40. The van der Waals surface area contributed by atoms with E-state index in [9.17, 15) is 0 Å². The normalized spacial score (nSPS) is 13.4. The van der Waals surface area contributed by atoms with Gasteiger partial charge in [-0.05, 0) is 12.5 Å². The van der Waals surface area contributed by atoms with Crippen molar-refractivity contribution >= 4 is 0 Å². The minimum Gasteiger partial charge on any atom is -0.472 e. The van der Waals surface area contributed by atoms with Crippen molar-refractivity contribution in [1.29, 1.82) is 0 Å². The lowest BCUT2D eigenvalue weighted by Crippen LogP contribution is -2.10. The molecule has 0 saturated carbocycles. The Labute approximate surface area is 59.5 Å². The van der Waals surface area contributed by atoms with Crippen LogP contribution >= 0.6 is 0 Å². The van der Waals surface area contributed by atoms with Crippen molar-refractivity contribution in [2.75, 3.05) is 6.61 Å². The number of furan rings is 1. The SMILES string of the molecule is N[C@@H](CCO)c1ccoc1. The molecule has 56 valence electrons. The lowest BCUT2D eigenvalue weighted by Gasteiger charge is -2.04. The van der Waals surface area contributed by atoms with Gasteiger partial charge in [0.1, 0.15) is 0 Å². The summed E-state index contributed by atoms with van der Waals surface area (Å²) in [5.74, 6) is 0. The van der Waals surface area contributed by atoms with Gasteiger partial charge in [-0.25, -0.2) is 0 Å². The number of rotatable bonds is 3. The summed E-state index contributed by atoms with van der Waals surface area (Å²) in [5, 5.41) is 8.52. The van der Waals surface area contributed by atoms with Gasteiger partial charge in [0.15, 0.2) is 0 Å². The third kappa shape index (κ3) is 1.59. The number of hydrogen-bond donors (Lipinski definition) is 2. The maximum Gasteiger partial charge on any atom is 0.0950 e. The van der Waals surface area contributed by atoms with Crippen LogP contribution in [0.15, 0.2) is 23.0 Å². The van der Waals surface area contributed by atoms with Crippen molar-refractivity contribution < 1.29 is 9.52 Å². The summed E-state index contributed by atoms with van der Waals surface area (Å²) in [4.78, 5) is 0. The third-order valence-corrected chi connectivity index (χ3v) is 1.41. The highest BCUT2D eigenvalue weighted by Gasteiger charge is 2.04. The summed E-state index contributed by atoms with van der Waals surface area (Å²) in [6.07, 6.45) is 3.76. The summed E-state index contributed by atoms with van der Waals surface area (Å²) in [7, 11) is 0. The first kappa shape index (κ1) is 7.31. The molecule has 0 saturated heterocycles. The highest BCUT2D eigenvalue weighted by molar-refractivity contribution is 5.10. The van der Waals surface area contributed by atoms with Crippen molar-refractivity contribution in [2.24, 2.45) is 5.73 Å². The van der Waals surface area contributed by atoms with E-state index in [0.29, 0.717) is 6.42 Å². The van der Waals surface area contributed by atoms with E-state index in [2.05, 4.69) is 0 Å². The van der Waals surface area contributed by atoms with E-state index in [1.807, 2.05) is 0 Å². The van der Waals surface area contributed by atoms with Gasteiger partial charge in [0, 0.05) is 18.2 Å². The van der Waals surface area contributed by atoms with Gasteiger partial charge in [0.2, 0.25) is 0 Å². The Hall–Kier alpha value is -0.800. The molecule has 3 heteroatoms. The average molecular weight is 141 g/mol. The Balaban J connectivity index is 2.50. The molecule has 0 aliphatic rings. The van der Waals surface area contributed by atoms with Crippen LogP contribution in [0.4, 0.5) is 0 Å². The summed E-state index contributed by atoms with van der Waals surface area (Å²) in [6.45, 7) is 0.117. The van der Waals surface area contributed by atoms with E-state index in [1.54, 1.807) is 18.6 Å². The fourth-order valence-electron chi connectivity index (χ4n) is 0.792. The number of hydrogen-bond acceptors (Lipinski definition) is 3. The molecule has 0 bridgehead atoms. The van der Waals surface area contributed by atoms with Crippen LogP contribution in [0.5, 0.6) is 0 Å². The number of nitrogens with two attached hydrogens (primary N) is 1. The Morgan fingerprint density at radius 2 is 2.50 bits per heavy atom. The highest BCUT2D eigenvalue weighted by atomic mass is 16.3. The summed E-state index contributed by atoms with van der Waals surface area (Å²) in [5.41, 5.74) is 6.57. The van der Waals surface area contributed by atoms with Crippen LogP contribution in [0.2, 0.25) is 0 Å². The molecular formula is C7H11NO2. The fourth-order valence-corrected chi connectivity index (χ4v) is 0.792. The van der Waals surface area contributed by atoms with Gasteiger partial charge in [-0.15, -0.1) is 0 Å². The molecule has 0 radical (unpaired) electrons. The quantitative estimate of drug-likeness (QED) is 0.650. The molecule has 1 aromatic heterocycles. The zero-order valence-corrected chi connectivity index (χ0v) is 5.66. The smallest absolute Gasteiger partial charge is 0.0950 e. The molecule has 10 heavy (non-hydrogen) atoms. The van der Waals surface area contributed by atoms with E-state index in [4.69, 9.17) is 15.3 Å². The van der Waals surface area contributed by atoms with E-state index >= 15 is 0 Å². The van der Waals surface area contributed by atoms with Crippen molar-refractivity contribution in [1.82, 2.24) is 0 Å². The first-order valence-electron chi connectivity index (χ1n) is 3.23. The molecular weight excluding hydrogens is 130 g/mol. The van der Waals surface area contributed by atoms with Crippen LogP contribution in [0.3, 0.4) is 0 Å². The molecule has 0 aromatic carbocycles. The molecule has 1 heterocycles. The lowest BCUT2D eigenvalue weighted by molar-refractivity contribution is 0.276. The first-order valence-corrected chi connectivity index (χ1v) is 3.23. The van der Waals surface area contributed by atoms with Gasteiger partial charge in [0.25, 0.3) is 0 Å². The molecule has 1 rings (SSSR count). The van der Waals surface area contributed by atoms with Crippen molar-refractivity contribution in [3.05, 3.63) is 24.2 Å². The van der Waals surface area contributed by atoms with Crippen molar-refractivity contribution in [3.63, 3.8) is 0 Å². The van der Waals surface area contributed by atoms with E-state index < -0.39 is 0 Å². The largest absolute Gasteiger partial charge is 0.472 e. The molecule has 3 nitrogen and oxygen atoms in total. The predicted octanol–water partition coefficient (Wildman–Crippen LogP) is 0.662. The number of aliphatic hydroxyl groups excluding tert-OH is 1. The lowest BCUT2D eigenvalue weighted by atomic mass is 10.1. The summed E-state index contributed by atoms with van der Waals surface area (Å²) >= 11 is 0. The van der Waals surface area contributed by atoms with Crippen LogP contribution in [0.25, 0.3) is 0 Å². The molecule has 0 aliphatic carbocycles. The summed E-state index contributed by atoms with van der Waals surface area (Å²) < 4.78 is 4.82. The van der Waals surface area contributed by atoms with Crippen LogP contribution in [-0.2, 0) is 0 Å². The molecule has 0 fully saturated rings. The van der Waals surface area contributed by atoms with Crippen molar-refractivity contribution in [3.8, 4) is 0 Å². The Morgan fingerprint density at radius 3 is 3.00 bits per heavy atom. The molecule has 0 amide bonds. The molecule has 0 spiro atoms. The van der Waals surface area contributed by atoms with Crippen LogP contribution in [-0.4, -0.2) is 11.7 Å². The molecule has 1 aromatic rings. The Morgan fingerprint density at radius 1 is 1.70 bits per heavy atom. The number of aliphatic hydroxyl groups is 1. The maximum absolute atomic E-state index is 8.52. The molecule has 1 atom stereocenters. The Bertz CT molecular complexity index is 172. The van der Waals surface area contributed by atoms with E-state index in [-0.39, 0.29) is 12.6 Å². The molecule has 0 aliphatic heterocycles. The first-order chi connectivity index (χ1) is 4.84. The van der Waals surface area contributed by atoms with Gasteiger partial charge < -0.3 is 15.3 Å². The second-order valence-corrected chi connectivity index (χ2v) is 2.18. The monoisotopic (exact) mass is 141 g/mol. The van der Waals surface area contributed by atoms with Crippen LogP contribution in [0, 0.1) is 0 Å². The molecule has 3 N–H and O–H groups in total. The van der Waals surface area contributed by atoms with Crippen molar-refractivity contribution in [2.45, 2.75) is 12.5 Å². The third-order valence-electron chi connectivity index (χ3n) is 1.41. The van der Waals surface area contributed by atoms with Gasteiger partial charge in [-0.3, -0.25) is 0 Å². The van der Waals surface area contributed by atoms with Crippen LogP contribution in [0.1, 0.15) is 18.0 Å². The predicted molar refractivity (Wildman–Crippen MR) is 37.3 cm³/mol. The second-order valence-electron chi connectivity index (χ2n) is 2.18. The Kier molecular flexibility index (Phi) is 2.48. The van der Waals surface area contributed by atoms with E-state index in [0.717, 1.165) is 5.56 Å². The molecule has 0 unspecified atom stereocenters. The van der Waals surface area contributed by atoms with Gasteiger partial charge in [0.05, 0.1) is 12.5 Å². The van der Waals surface area contributed by atoms with Gasteiger partial charge >= 0.3 is 0 Å². The van der Waals surface area contributed by atoms with E-state index in [1.165, 1.54) is 0 Å². The van der Waals surface area contributed by atoms with Gasteiger partial charge in [-0.1, -0.05) is 0 Å². The summed E-state index contributed by atoms with van der Waals surface area (Å²) in [6, 6.07) is 1.71. The minimum atomic E-state index is -0.0938. The minimum absolute atomic E-state index is 0.0938. The second kappa shape index (κ2) is 3.39. The van der Waals surface area contributed by atoms with Gasteiger partial charge in [-0.2, -0.15) is 0 Å². The maximum atomic E-state index is 8.52. The highest BCUT2D eigenvalue weighted by Crippen LogP contribution is 2.12. The zero-order valence-electron chi connectivity index (χ0n) is 5.66. The fraction of sp³-hybridized carbons (Fsp3) is 0.429. The topological polar surface area (TPSA) is 59.4 Å². The standard InChI is InChI=1S/C7H11NO2/c8-7(1-3-9)6-2-4-10-5-6/h2,4-5,7,9H,1,3,8H2/t7-/m0/s1.